The van der Waals surface area contributed by atoms with Gasteiger partial charge in [-0.3, -0.25) is 9.80 Å². The molecule has 1 unspecified atom stereocenters. The Labute approximate surface area is 111 Å². The highest BCUT2D eigenvalue weighted by molar-refractivity contribution is 4.84. The molecule has 0 aliphatic carbocycles. The first-order chi connectivity index (χ1) is 9.04. The fourth-order valence-electron chi connectivity index (χ4n) is 2.68. The molecule has 1 atom stereocenters. The summed E-state index contributed by atoms with van der Waals surface area (Å²) >= 11 is 0. The molecule has 4 nitrogen and oxygen atoms in total. The lowest BCUT2D eigenvalue weighted by atomic mass is 10.2. The molecule has 2 fully saturated rings. The summed E-state index contributed by atoms with van der Waals surface area (Å²) in [5.41, 5.74) is 0. The van der Waals surface area contributed by atoms with Crippen LogP contribution in [0.1, 0.15) is 6.42 Å². The molecule has 2 saturated heterocycles. The van der Waals surface area contributed by atoms with E-state index in [0.717, 1.165) is 39.3 Å². The van der Waals surface area contributed by atoms with E-state index in [1.54, 1.807) is 0 Å². The lowest BCUT2D eigenvalue weighted by Gasteiger charge is -2.37. The van der Waals surface area contributed by atoms with Crippen LogP contribution in [0.2, 0.25) is 0 Å². The molecule has 0 aromatic rings. The van der Waals surface area contributed by atoms with Crippen LogP contribution in [0.3, 0.4) is 0 Å². The molecule has 0 amide bonds. The number of ether oxygens (including phenoxy) is 1. The van der Waals surface area contributed by atoms with Crippen molar-refractivity contribution >= 4 is 0 Å². The summed E-state index contributed by atoms with van der Waals surface area (Å²) in [5.74, 6) is 0. The van der Waals surface area contributed by atoms with Crippen LogP contribution in [0.25, 0.3) is 0 Å². The van der Waals surface area contributed by atoms with Crippen LogP contribution in [0.5, 0.6) is 0 Å². The first-order valence-corrected chi connectivity index (χ1v) is 6.86. The van der Waals surface area contributed by atoms with Crippen LogP contribution in [-0.2, 0) is 4.74 Å². The Morgan fingerprint density at radius 2 is 1.89 bits per heavy atom. The SMILES string of the molecule is FC(F)(F)COCCN1CCN(C2CCNC2)CC1. The molecule has 2 rings (SSSR count). The van der Waals surface area contributed by atoms with Gasteiger partial charge in [-0.05, 0) is 13.0 Å². The van der Waals surface area contributed by atoms with Crippen molar-refractivity contribution in [3.8, 4) is 0 Å². The van der Waals surface area contributed by atoms with E-state index in [0.29, 0.717) is 12.6 Å². The summed E-state index contributed by atoms with van der Waals surface area (Å²) in [4.78, 5) is 4.66. The largest absolute Gasteiger partial charge is 0.411 e. The molecular formula is C12H22F3N3O. The third-order valence-electron chi connectivity index (χ3n) is 3.78. The molecule has 112 valence electrons. The van der Waals surface area contributed by atoms with E-state index in [2.05, 4.69) is 19.9 Å². The van der Waals surface area contributed by atoms with E-state index in [4.69, 9.17) is 0 Å². The van der Waals surface area contributed by atoms with Crippen molar-refractivity contribution in [3.63, 3.8) is 0 Å². The minimum atomic E-state index is -4.21. The number of alkyl halides is 3. The maximum Gasteiger partial charge on any atom is 0.411 e. The van der Waals surface area contributed by atoms with Gasteiger partial charge >= 0.3 is 6.18 Å². The molecule has 0 saturated carbocycles. The Balaban J connectivity index is 1.56. The second-order valence-electron chi connectivity index (χ2n) is 5.19. The molecule has 2 aliphatic rings. The van der Waals surface area contributed by atoms with Crippen LogP contribution < -0.4 is 5.32 Å². The van der Waals surface area contributed by atoms with E-state index < -0.39 is 12.8 Å². The molecular weight excluding hydrogens is 259 g/mol. The minimum Gasteiger partial charge on any atom is -0.371 e. The zero-order valence-corrected chi connectivity index (χ0v) is 11.1. The van der Waals surface area contributed by atoms with Crippen molar-refractivity contribution in [1.82, 2.24) is 15.1 Å². The normalized spacial score (nSPS) is 27.0. The molecule has 19 heavy (non-hydrogen) atoms. The third-order valence-corrected chi connectivity index (χ3v) is 3.78. The minimum absolute atomic E-state index is 0.157. The van der Waals surface area contributed by atoms with E-state index in [1.807, 2.05) is 0 Å². The molecule has 0 aromatic heterocycles. The number of hydrogen-bond donors (Lipinski definition) is 1. The van der Waals surface area contributed by atoms with Gasteiger partial charge in [-0.1, -0.05) is 0 Å². The maximum absolute atomic E-state index is 11.9. The quantitative estimate of drug-likeness (QED) is 0.745. The van der Waals surface area contributed by atoms with Gasteiger partial charge in [0.05, 0.1) is 6.61 Å². The summed E-state index contributed by atoms with van der Waals surface area (Å²) in [6.07, 6.45) is -3.01. The van der Waals surface area contributed by atoms with Gasteiger partial charge in [0.15, 0.2) is 0 Å². The number of nitrogens with zero attached hydrogens (tertiary/aromatic N) is 2. The van der Waals surface area contributed by atoms with Crippen molar-refractivity contribution in [3.05, 3.63) is 0 Å². The van der Waals surface area contributed by atoms with E-state index in [-0.39, 0.29) is 6.61 Å². The lowest BCUT2D eigenvalue weighted by Crippen LogP contribution is -2.51. The van der Waals surface area contributed by atoms with Gasteiger partial charge in [0.2, 0.25) is 0 Å². The topological polar surface area (TPSA) is 27.7 Å². The molecule has 2 aliphatic heterocycles. The van der Waals surface area contributed by atoms with Gasteiger partial charge in [-0.25, -0.2) is 0 Å². The Morgan fingerprint density at radius 3 is 2.47 bits per heavy atom. The van der Waals surface area contributed by atoms with Gasteiger partial charge in [0, 0.05) is 45.3 Å². The first kappa shape index (κ1) is 15.0. The molecule has 0 bridgehead atoms. The van der Waals surface area contributed by atoms with Crippen LogP contribution >= 0.6 is 0 Å². The third kappa shape index (κ3) is 5.25. The molecule has 2 heterocycles. The molecule has 0 aromatic carbocycles. The van der Waals surface area contributed by atoms with E-state index in [9.17, 15) is 13.2 Å². The number of piperazine rings is 1. The second-order valence-corrected chi connectivity index (χ2v) is 5.19. The summed E-state index contributed by atoms with van der Waals surface area (Å²) in [7, 11) is 0. The van der Waals surface area contributed by atoms with Crippen LogP contribution in [-0.4, -0.2) is 81.0 Å². The van der Waals surface area contributed by atoms with Gasteiger partial charge in [0.1, 0.15) is 6.61 Å². The molecule has 0 spiro atoms. The first-order valence-electron chi connectivity index (χ1n) is 6.86. The average Bonchev–Trinajstić information content (AvgIpc) is 2.88. The highest BCUT2D eigenvalue weighted by Gasteiger charge is 2.28. The number of halogens is 3. The summed E-state index contributed by atoms with van der Waals surface area (Å²) in [6, 6.07) is 0.642. The van der Waals surface area contributed by atoms with Crippen molar-refractivity contribution in [2.24, 2.45) is 0 Å². The fourth-order valence-corrected chi connectivity index (χ4v) is 2.68. The van der Waals surface area contributed by atoms with Crippen LogP contribution in [0.15, 0.2) is 0 Å². The Kier molecular flexibility index (Phi) is 5.44. The monoisotopic (exact) mass is 281 g/mol. The predicted octanol–water partition coefficient (Wildman–Crippen LogP) is 0.545. The standard InChI is InChI=1S/C12H22F3N3O/c13-12(14,15)10-19-8-7-17-3-5-18(6-4-17)11-1-2-16-9-11/h11,16H,1-10H2. The van der Waals surface area contributed by atoms with Crippen molar-refractivity contribution in [1.29, 1.82) is 0 Å². The van der Waals surface area contributed by atoms with Gasteiger partial charge in [-0.15, -0.1) is 0 Å². The maximum atomic E-state index is 11.9. The predicted molar refractivity (Wildman–Crippen MR) is 66.2 cm³/mol. The number of hydrogen-bond acceptors (Lipinski definition) is 4. The zero-order valence-electron chi connectivity index (χ0n) is 11.1. The number of rotatable bonds is 5. The van der Waals surface area contributed by atoms with Crippen LogP contribution in [0, 0.1) is 0 Å². The molecule has 7 heteroatoms. The number of nitrogens with one attached hydrogen (secondary N) is 1. The van der Waals surface area contributed by atoms with E-state index in [1.165, 1.54) is 6.42 Å². The van der Waals surface area contributed by atoms with Crippen molar-refractivity contribution in [2.75, 3.05) is 59.0 Å². The van der Waals surface area contributed by atoms with Crippen LogP contribution in [0.4, 0.5) is 13.2 Å². The zero-order chi connectivity index (χ0) is 13.7. The molecule has 1 N–H and O–H groups in total. The fraction of sp³-hybridized carbons (Fsp3) is 1.00. The van der Waals surface area contributed by atoms with E-state index >= 15 is 0 Å². The highest BCUT2D eigenvalue weighted by Crippen LogP contribution is 2.15. The van der Waals surface area contributed by atoms with Crippen molar-refractivity contribution in [2.45, 2.75) is 18.6 Å². The smallest absolute Gasteiger partial charge is 0.371 e. The summed E-state index contributed by atoms with van der Waals surface area (Å²) in [6.45, 7) is 5.62. The van der Waals surface area contributed by atoms with Gasteiger partial charge in [-0.2, -0.15) is 13.2 Å². The van der Waals surface area contributed by atoms with Crippen molar-refractivity contribution < 1.29 is 17.9 Å². The summed E-state index contributed by atoms with van der Waals surface area (Å²) < 4.78 is 40.3. The Bertz CT molecular complexity index is 261. The highest BCUT2D eigenvalue weighted by atomic mass is 19.4. The van der Waals surface area contributed by atoms with Gasteiger partial charge < -0.3 is 10.1 Å². The molecule has 0 radical (unpaired) electrons. The summed E-state index contributed by atoms with van der Waals surface area (Å²) in [5, 5.41) is 3.36. The Morgan fingerprint density at radius 1 is 1.16 bits per heavy atom. The lowest BCUT2D eigenvalue weighted by molar-refractivity contribution is -0.174. The Hall–Kier alpha value is -0.370. The second kappa shape index (κ2) is 6.88. The van der Waals surface area contributed by atoms with Gasteiger partial charge in [0.25, 0.3) is 0 Å². The average molecular weight is 281 g/mol.